The number of carbonyl (C=O) groups is 1. The summed E-state index contributed by atoms with van der Waals surface area (Å²) in [4.78, 5) is 11.6. The molecule has 0 radical (unpaired) electrons. The lowest BCUT2D eigenvalue weighted by atomic mass is 10.2. The lowest BCUT2D eigenvalue weighted by Gasteiger charge is -2.19. The molecule has 5 nitrogen and oxygen atoms in total. The van der Waals surface area contributed by atoms with Gasteiger partial charge < -0.3 is 4.74 Å². The summed E-state index contributed by atoms with van der Waals surface area (Å²) in [6.07, 6.45) is 0. The third-order valence-corrected chi connectivity index (χ3v) is 2.75. The summed E-state index contributed by atoms with van der Waals surface area (Å²) in [6, 6.07) is 5.28. The maximum Gasteiger partial charge on any atom is 0.338 e. The maximum absolute atomic E-state index is 11.6. The molecule has 0 aliphatic rings. The van der Waals surface area contributed by atoms with Gasteiger partial charge in [-0.25, -0.2) is 18.4 Å². The number of sulfonamides is 1. The monoisotopic (exact) mass is 257 g/mol. The molecule has 0 aliphatic carbocycles. The minimum absolute atomic E-state index is 0.0372. The van der Waals surface area contributed by atoms with E-state index in [1.54, 1.807) is 20.8 Å². The number of hydrogen-bond donors (Lipinski definition) is 1. The van der Waals surface area contributed by atoms with E-state index >= 15 is 0 Å². The van der Waals surface area contributed by atoms with Crippen LogP contribution in [0.3, 0.4) is 0 Å². The fourth-order valence-electron chi connectivity index (χ4n) is 1.12. The Morgan fingerprint density at radius 2 is 1.65 bits per heavy atom. The maximum atomic E-state index is 11.6. The topological polar surface area (TPSA) is 86.5 Å². The Hall–Kier alpha value is -1.40. The predicted molar refractivity (Wildman–Crippen MR) is 63.0 cm³/mol. The van der Waals surface area contributed by atoms with Gasteiger partial charge in [-0.05, 0) is 45.0 Å². The quantitative estimate of drug-likeness (QED) is 0.809. The summed E-state index contributed by atoms with van der Waals surface area (Å²) in [5.41, 5.74) is -0.303. The van der Waals surface area contributed by atoms with E-state index in [0.29, 0.717) is 0 Å². The fraction of sp³-hybridized carbons (Fsp3) is 0.364. The van der Waals surface area contributed by atoms with E-state index in [0.717, 1.165) is 0 Å². The van der Waals surface area contributed by atoms with Crippen LogP contribution in [0.2, 0.25) is 0 Å². The first-order valence-corrected chi connectivity index (χ1v) is 6.50. The molecule has 0 bridgehead atoms. The average Bonchev–Trinajstić information content (AvgIpc) is 2.14. The molecule has 0 heterocycles. The Bertz CT molecular complexity index is 511. The van der Waals surface area contributed by atoms with Gasteiger partial charge in [0.2, 0.25) is 10.0 Å². The number of carbonyl (C=O) groups excluding carboxylic acids is 1. The molecule has 1 aromatic rings. The number of hydrogen-bond acceptors (Lipinski definition) is 4. The van der Waals surface area contributed by atoms with Gasteiger partial charge in [-0.15, -0.1) is 0 Å². The molecule has 0 unspecified atom stereocenters. The first-order valence-electron chi connectivity index (χ1n) is 4.96. The number of esters is 1. The van der Waals surface area contributed by atoms with Crippen molar-refractivity contribution in [2.24, 2.45) is 5.14 Å². The highest BCUT2D eigenvalue weighted by Gasteiger charge is 2.18. The van der Waals surface area contributed by atoms with Crippen LogP contribution < -0.4 is 5.14 Å². The van der Waals surface area contributed by atoms with Crippen molar-refractivity contribution in [2.45, 2.75) is 31.3 Å². The van der Waals surface area contributed by atoms with Gasteiger partial charge in [-0.2, -0.15) is 0 Å². The summed E-state index contributed by atoms with van der Waals surface area (Å²) >= 11 is 0. The van der Waals surface area contributed by atoms with Crippen molar-refractivity contribution in [1.29, 1.82) is 0 Å². The van der Waals surface area contributed by atoms with E-state index in [1.165, 1.54) is 24.3 Å². The Morgan fingerprint density at radius 1 is 1.18 bits per heavy atom. The van der Waals surface area contributed by atoms with Crippen molar-refractivity contribution < 1.29 is 17.9 Å². The van der Waals surface area contributed by atoms with Crippen LogP contribution in [0, 0.1) is 0 Å². The lowest BCUT2D eigenvalue weighted by molar-refractivity contribution is 0.00694. The molecule has 94 valence electrons. The van der Waals surface area contributed by atoms with Gasteiger partial charge >= 0.3 is 5.97 Å². The predicted octanol–water partition coefficient (Wildman–Crippen LogP) is 1.29. The molecule has 1 rings (SSSR count). The smallest absolute Gasteiger partial charge is 0.338 e. The summed E-state index contributed by atoms with van der Waals surface area (Å²) < 4.78 is 27.1. The van der Waals surface area contributed by atoms with Crippen LogP contribution >= 0.6 is 0 Å². The molecular weight excluding hydrogens is 242 g/mol. The number of rotatable bonds is 2. The summed E-state index contributed by atoms with van der Waals surface area (Å²) in [5.74, 6) is -0.501. The van der Waals surface area contributed by atoms with Crippen molar-refractivity contribution in [1.82, 2.24) is 0 Å². The van der Waals surface area contributed by atoms with Crippen LogP contribution in [0.15, 0.2) is 29.2 Å². The molecular formula is C11H15NO4S. The van der Waals surface area contributed by atoms with E-state index in [-0.39, 0.29) is 10.5 Å². The second kappa shape index (κ2) is 4.46. The Balaban J connectivity index is 2.93. The molecule has 6 heteroatoms. The minimum Gasteiger partial charge on any atom is -0.456 e. The van der Waals surface area contributed by atoms with Crippen LogP contribution in [-0.2, 0) is 14.8 Å². The van der Waals surface area contributed by atoms with E-state index in [2.05, 4.69) is 0 Å². The molecule has 0 aromatic heterocycles. The molecule has 0 spiro atoms. The van der Waals surface area contributed by atoms with Gasteiger partial charge in [0.25, 0.3) is 0 Å². The molecule has 0 saturated heterocycles. The van der Waals surface area contributed by atoms with Crippen LogP contribution in [-0.4, -0.2) is 20.0 Å². The highest BCUT2D eigenvalue weighted by atomic mass is 32.2. The summed E-state index contributed by atoms with van der Waals surface area (Å²) in [7, 11) is -3.73. The zero-order chi connectivity index (χ0) is 13.3. The third kappa shape index (κ3) is 4.16. The van der Waals surface area contributed by atoms with E-state index in [1.807, 2.05) is 0 Å². The standard InChI is InChI=1S/C11H15NO4S/c1-11(2,3)16-10(13)8-4-6-9(7-5-8)17(12,14)15/h4-7H,1-3H3,(H2,12,14,15). The molecule has 0 saturated carbocycles. The number of benzene rings is 1. The Labute approximate surface area is 101 Å². The number of ether oxygens (including phenoxy) is 1. The third-order valence-electron chi connectivity index (χ3n) is 1.82. The Kier molecular flexibility index (Phi) is 3.59. The average molecular weight is 257 g/mol. The van der Waals surface area contributed by atoms with E-state index in [4.69, 9.17) is 9.88 Å². The van der Waals surface area contributed by atoms with Crippen molar-refractivity contribution in [3.8, 4) is 0 Å². The van der Waals surface area contributed by atoms with E-state index in [9.17, 15) is 13.2 Å². The SMILES string of the molecule is CC(C)(C)OC(=O)c1ccc(S(N)(=O)=O)cc1. The van der Waals surface area contributed by atoms with Crippen LogP contribution in [0.4, 0.5) is 0 Å². The van der Waals surface area contributed by atoms with Gasteiger partial charge in [0.1, 0.15) is 5.60 Å². The second-order valence-electron chi connectivity index (χ2n) is 4.57. The lowest BCUT2D eigenvalue weighted by Crippen LogP contribution is -2.24. The van der Waals surface area contributed by atoms with Gasteiger partial charge in [0, 0.05) is 0 Å². The number of nitrogens with two attached hydrogens (primary N) is 1. The molecule has 0 aliphatic heterocycles. The van der Waals surface area contributed by atoms with Crippen molar-refractivity contribution in [3.05, 3.63) is 29.8 Å². The van der Waals surface area contributed by atoms with Gasteiger partial charge in [0.05, 0.1) is 10.5 Å². The van der Waals surface area contributed by atoms with Crippen molar-refractivity contribution in [2.75, 3.05) is 0 Å². The zero-order valence-corrected chi connectivity index (χ0v) is 10.7. The number of primary sulfonamides is 1. The molecule has 17 heavy (non-hydrogen) atoms. The second-order valence-corrected chi connectivity index (χ2v) is 6.13. The first-order chi connectivity index (χ1) is 7.59. The Morgan fingerprint density at radius 3 is 2.00 bits per heavy atom. The largest absolute Gasteiger partial charge is 0.456 e. The fourth-order valence-corrected chi connectivity index (χ4v) is 1.63. The molecule has 0 atom stereocenters. The molecule has 0 fully saturated rings. The van der Waals surface area contributed by atoms with Gasteiger partial charge in [-0.1, -0.05) is 0 Å². The highest BCUT2D eigenvalue weighted by Crippen LogP contribution is 2.14. The van der Waals surface area contributed by atoms with Crippen LogP contribution in [0.1, 0.15) is 31.1 Å². The highest BCUT2D eigenvalue weighted by molar-refractivity contribution is 7.89. The normalized spacial score (nSPS) is 12.2. The minimum atomic E-state index is -3.73. The molecule has 0 amide bonds. The zero-order valence-electron chi connectivity index (χ0n) is 9.93. The van der Waals surface area contributed by atoms with Crippen molar-refractivity contribution >= 4 is 16.0 Å². The summed E-state index contributed by atoms with van der Waals surface area (Å²) in [6.45, 7) is 5.26. The molecule has 1 aromatic carbocycles. The van der Waals surface area contributed by atoms with Crippen molar-refractivity contribution in [3.63, 3.8) is 0 Å². The van der Waals surface area contributed by atoms with Crippen LogP contribution in [0.25, 0.3) is 0 Å². The summed E-state index contributed by atoms with van der Waals surface area (Å²) in [5, 5.41) is 4.94. The van der Waals surface area contributed by atoms with E-state index < -0.39 is 21.6 Å². The van der Waals surface area contributed by atoms with Crippen LogP contribution in [0.5, 0.6) is 0 Å². The van der Waals surface area contributed by atoms with Gasteiger partial charge in [0.15, 0.2) is 0 Å². The van der Waals surface area contributed by atoms with Gasteiger partial charge in [-0.3, -0.25) is 0 Å². The first kappa shape index (κ1) is 13.7. The molecule has 2 N–H and O–H groups in total.